The summed E-state index contributed by atoms with van der Waals surface area (Å²) in [5.41, 5.74) is 0. The van der Waals surface area contributed by atoms with Crippen molar-refractivity contribution in [3.05, 3.63) is 0 Å². The fraction of sp³-hybridized carbons (Fsp3) is 0.923. The van der Waals surface area contributed by atoms with Gasteiger partial charge in [0, 0.05) is 37.8 Å². The molecular weight excluding hydrogens is 264 g/mol. The Kier molecular flexibility index (Phi) is 4.50. The van der Waals surface area contributed by atoms with Gasteiger partial charge in [0.1, 0.15) is 0 Å². The van der Waals surface area contributed by atoms with Crippen LogP contribution in [0.1, 0.15) is 39.0 Å². The first-order valence-corrected chi connectivity index (χ1v) is 9.06. The van der Waals surface area contributed by atoms with Crippen molar-refractivity contribution in [2.45, 2.75) is 56.4 Å². The summed E-state index contributed by atoms with van der Waals surface area (Å²) in [6.07, 6.45) is 5.56. The first-order valence-electron chi connectivity index (χ1n) is 7.10. The van der Waals surface area contributed by atoms with Crippen LogP contribution in [0.2, 0.25) is 0 Å². The van der Waals surface area contributed by atoms with Crippen LogP contribution in [0.15, 0.2) is 0 Å². The van der Waals surface area contributed by atoms with Crippen molar-refractivity contribution in [1.29, 1.82) is 0 Å². The molecule has 0 spiro atoms. The Morgan fingerprint density at radius 1 is 1.37 bits per heavy atom. The summed E-state index contributed by atoms with van der Waals surface area (Å²) in [6.45, 7) is 3.56. The number of amides is 1. The number of hydrogen-bond donors (Lipinski definition) is 1. The van der Waals surface area contributed by atoms with Crippen molar-refractivity contribution < 1.29 is 13.2 Å². The lowest BCUT2D eigenvalue weighted by molar-refractivity contribution is -0.127. The van der Waals surface area contributed by atoms with Gasteiger partial charge in [-0.15, -0.1) is 0 Å². The molecule has 1 saturated heterocycles. The molecular formula is C13H24N2O3S. The van der Waals surface area contributed by atoms with Crippen molar-refractivity contribution in [1.82, 2.24) is 10.2 Å². The van der Waals surface area contributed by atoms with Crippen molar-refractivity contribution in [3.8, 4) is 0 Å². The number of nitrogens with one attached hydrogen (secondary N) is 1. The minimum Gasteiger partial charge on any atom is -0.341 e. The van der Waals surface area contributed by atoms with Crippen LogP contribution in [0.5, 0.6) is 0 Å². The number of nitrogens with zero attached hydrogens (tertiary/aromatic N) is 1. The number of likely N-dealkylation sites (tertiary alicyclic amines) is 1. The summed E-state index contributed by atoms with van der Waals surface area (Å²) >= 11 is 0. The normalized spacial score (nSPS) is 30.0. The third-order valence-electron chi connectivity index (χ3n) is 4.17. The average Bonchev–Trinajstić information content (AvgIpc) is 2.88. The average molecular weight is 288 g/mol. The first-order chi connectivity index (χ1) is 8.88. The van der Waals surface area contributed by atoms with Gasteiger partial charge in [-0.3, -0.25) is 4.79 Å². The van der Waals surface area contributed by atoms with Crippen LogP contribution >= 0.6 is 0 Å². The lowest BCUT2D eigenvalue weighted by Gasteiger charge is -2.27. The predicted octanol–water partition coefficient (Wildman–Crippen LogP) is 0.553. The van der Waals surface area contributed by atoms with Gasteiger partial charge in [-0.2, -0.15) is 0 Å². The second-order valence-electron chi connectivity index (χ2n) is 5.92. The van der Waals surface area contributed by atoms with Gasteiger partial charge in [-0.05, 0) is 26.2 Å². The molecule has 0 aromatic carbocycles. The zero-order valence-corrected chi connectivity index (χ0v) is 12.6. The number of hydrogen-bond acceptors (Lipinski definition) is 4. The molecule has 19 heavy (non-hydrogen) atoms. The lowest BCUT2D eigenvalue weighted by Crippen LogP contribution is -2.48. The Balaban J connectivity index is 1.88. The quantitative estimate of drug-likeness (QED) is 0.802. The van der Waals surface area contributed by atoms with Gasteiger partial charge in [0.2, 0.25) is 5.91 Å². The molecule has 0 aromatic rings. The van der Waals surface area contributed by atoms with E-state index in [0.717, 1.165) is 32.2 Å². The molecule has 3 atom stereocenters. The molecule has 0 radical (unpaired) electrons. The summed E-state index contributed by atoms with van der Waals surface area (Å²) in [7, 11) is -2.98. The molecule has 2 fully saturated rings. The van der Waals surface area contributed by atoms with E-state index in [1.54, 1.807) is 0 Å². The summed E-state index contributed by atoms with van der Waals surface area (Å²) < 4.78 is 23.4. The summed E-state index contributed by atoms with van der Waals surface area (Å²) in [4.78, 5) is 13.4. The SMILES string of the molecule is CC(CN1CCCC1=O)NC1CCCC1S(C)(=O)=O. The third kappa shape index (κ3) is 3.69. The number of sulfone groups is 1. The molecule has 1 aliphatic heterocycles. The largest absolute Gasteiger partial charge is 0.341 e. The third-order valence-corrected chi connectivity index (χ3v) is 5.83. The fourth-order valence-electron chi connectivity index (χ4n) is 3.27. The first kappa shape index (κ1) is 14.8. The minimum atomic E-state index is -2.98. The fourth-order valence-corrected chi connectivity index (χ4v) is 4.68. The zero-order valence-electron chi connectivity index (χ0n) is 11.8. The number of carbonyl (C=O) groups is 1. The van der Waals surface area contributed by atoms with Gasteiger partial charge >= 0.3 is 0 Å². The van der Waals surface area contributed by atoms with Crippen molar-refractivity contribution in [2.24, 2.45) is 0 Å². The molecule has 6 heteroatoms. The van der Waals surface area contributed by atoms with Crippen LogP contribution in [0.25, 0.3) is 0 Å². The lowest BCUT2D eigenvalue weighted by atomic mass is 10.2. The summed E-state index contributed by atoms with van der Waals surface area (Å²) in [5.74, 6) is 0.222. The predicted molar refractivity (Wildman–Crippen MR) is 74.7 cm³/mol. The van der Waals surface area contributed by atoms with E-state index < -0.39 is 9.84 Å². The Hall–Kier alpha value is -0.620. The highest BCUT2D eigenvalue weighted by Crippen LogP contribution is 2.25. The zero-order chi connectivity index (χ0) is 14.0. The van der Waals surface area contributed by atoms with E-state index in [-0.39, 0.29) is 23.2 Å². The number of carbonyl (C=O) groups excluding carboxylic acids is 1. The number of rotatable bonds is 5. The van der Waals surface area contributed by atoms with Crippen LogP contribution in [-0.4, -0.2) is 55.9 Å². The molecule has 2 rings (SSSR count). The van der Waals surface area contributed by atoms with Crippen molar-refractivity contribution in [2.75, 3.05) is 19.3 Å². The maximum absolute atomic E-state index is 11.7. The van der Waals surface area contributed by atoms with E-state index in [4.69, 9.17) is 0 Å². The molecule has 1 saturated carbocycles. The van der Waals surface area contributed by atoms with Crippen LogP contribution in [-0.2, 0) is 14.6 Å². The molecule has 110 valence electrons. The molecule has 1 heterocycles. The van der Waals surface area contributed by atoms with Crippen LogP contribution in [0.3, 0.4) is 0 Å². The molecule has 3 unspecified atom stereocenters. The van der Waals surface area contributed by atoms with E-state index in [9.17, 15) is 13.2 Å². The van der Waals surface area contributed by atoms with Crippen LogP contribution in [0.4, 0.5) is 0 Å². The second-order valence-corrected chi connectivity index (χ2v) is 8.18. The summed E-state index contributed by atoms with van der Waals surface area (Å²) in [5, 5.41) is 3.15. The Morgan fingerprint density at radius 2 is 2.11 bits per heavy atom. The standard InChI is InChI=1S/C13H24N2O3S/c1-10(9-15-8-4-7-13(15)16)14-11-5-3-6-12(11)19(2,17)18/h10-12,14H,3-9H2,1-2H3. The Labute approximate surface area is 115 Å². The van der Waals surface area contributed by atoms with Crippen molar-refractivity contribution >= 4 is 15.7 Å². The topological polar surface area (TPSA) is 66.5 Å². The minimum absolute atomic E-state index is 0.0442. The molecule has 2 aliphatic rings. The molecule has 1 aliphatic carbocycles. The molecule has 1 N–H and O–H groups in total. The smallest absolute Gasteiger partial charge is 0.222 e. The van der Waals surface area contributed by atoms with Gasteiger partial charge in [0.25, 0.3) is 0 Å². The molecule has 1 amide bonds. The van der Waals surface area contributed by atoms with Gasteiger partial charge in [0.15, 0.2) is 9.84 Å². The maximum Gasteiger partial charge on any atom is 0.222 e. The van der Waals surface area contributed by atoms with E-state index >= 15 is 0 Å². The molecule has 5 nitrogen and oxygen atoms in total. The van der Waals surface area contributed by atoms with Gasteiger partial charge in [-0.1, -0.05) is 6.42 Å². The Bertz CT molecular complexity index is 435. The van der Waals surface area contributed by atoms with E-state index in [2.05, 4.69) is 5.32 Å². The highest BCUT2D eigenvalue weighted by molar-refractivity contribution is 7.91. The van der Waals surface area contributed by atoms with E-state index in [1.807, 2.05) is 11.8 Å². The van der Waals surface area contributed by atoms with Gasteiger partial charge in [-0.25, -0.2) is 8.42 Å². The van der Waals surface area contributed by atoms with E-state index in [1.165, 1.54) is 6.26 Å². The van der Waals surface area contributed by atoms with Crippen LogP contribution < -0.4 is 5.32 Å². The van der Waals surface area contributed by atoms with E-state index in [0.29, 0.717) is 13.0 Å². The highest BCUT2D eigenvalue weighted by atomic mass is 32.2. The van der Waals surface area contributed by atoms with Gasteiger partial charge in [0.05, 0.1) is 5.25 Å². The molecule has 0 bridgehead atoms. The summed E-state index contributed by atoms with van der Waals surface area (Å²) in [6, 6.07) is 0.192. The Morgan fingerprint density at radius 3 is 2.68 bits per heavy atom. The maximum atomic E-state index is 11.7. The van der Waals surface area contributed by atoms with Gasteiger partial charge < -0.3 is 10.2 Å². The highest BCUT2D eigenvalue weighted by Gasteiger charge is 2.35. The monoisotopic (exact) mass is 288 g/mol. The molecule has 0 aromatic heterocycles. The van der Waals surface area contributed by atoms with Crippen LogP contribution in [0, 0.1) is 0 Å². The second kappa shape index (κ2) is 5.79. The van der Waals surface area contributed by atoms with Crippen molar-refractivity contribution in [3.63, 3.8) is 0 Å².